The monoisotopic (exact) mass is 115 g/mol. The van der Waals surface area contributed by atoms with Gasteiger partial charge in [-0.2, -0.15) is 0 Å². The van der Waals surface area contributed by atoms with Crippen LogP contribution in [0.2, 0.25) is 0 Å². The van der Waals surface area contributed by atoms with E-state index < -0.39 is 0 Å². The van der Waals surface area contributed by atoms with Gasteiger partial charge >= 0.3 is 15.7 Å². The third kappa shape index (κ3) is 6.45. The number of rotatable bonds is 2. The molecule has 3 heteroatoms. The summed E-state index contributed by atoms with van der Waals surface area (Å²) in [6.45, 7) is 0. The first-order chi connectivity index (χ1) is 3.13. The Bertz CT molecular complexity index is 39.0. The molecule has 0 fully saturated rings. The highest BCUT2D eigenvalue weighted by molar-refractivity contribution is 6.27. The van der Waals surface area contributed by atoms with E-state index in [9.17, 15) is 0 Å². The zero-order valence-electron chi connectivity index (χ0n) is 5.47. The summed E-state index contributed by atoms with van der Waals surface area (Å²) in [7, 11) is 8.37. The normalized spacial score (nSPS) is 10.6. The van der Waals surface area contributed by atoms with E-state index in [1.807, 2.05) is 0 Å². The second-order valence-corrected chi connectivity index (χ2v) is 4.34. The average Bonchev–Trinajstić information content (AvgIpc) is 1.27. The molecule has 1 radical (unpaired) electrons. The fraction of sp³-hybridized carbons (Fsp3) is 1.00. The van der Waals surface area contributed by atoms with Gasteiger partial charge < -0.3 is 7.77 Å². The summed E-state index contributed by atoms with van der Waals surface area (Å²) in [5.74, 6) is 0. The van der Waals surface area contributed by atoms with E-state index in [2.05, 4.69) is 36.0 Å². The van der Waals surface area contributed by atoms with Gasteiger partial charge in [-0.1, -0.05) is 0 Å². The predicted octanol–water partition coefficient (Wildman–Crippen LogP) is -0.356. The van der Waals surface area contributed by atoms with E-state index in [0.717, 1.165) is 0 Å². The molecule has 0 saturated heterocycles. The number of hydrogen-bond donors (Lipinski definition) is 0. The Labute approximate surface area is 52.2 Å². The summed E-state index contributed by atoms with van der Waals surface area (Å²) < 4.78 is 4.42. The second kappa shape index (κ2) is 3.45. The molecule has 2 nitrogen and oxygen atoms in total. The van der Waals surface area contributed by atoms with Gasteiger partial charge in [0.1, 0.15) is 0 Å². The standard InChI is InChI=1S/2C2H6N.Al/c2*1-3-2;/h2*1-2H3;/q2*-1;+2. The Morgan fingerprint density at radius 2 is 1.14 bits per heavy atom. The minimum atomic E-state index is 0.380. The summed E-state index contributed by atoms with van der Waals surface area (Å²) in [5, 5.41) is 0. The summed E-state index contributed by atoms with van der Waals surface area (Å²) in [4.78, 5) is 0. The maximum Gasteiger partial charge on any atom is 0.454 e. The zero-order valence-corrected chi connectivity index (χ0v) is 6.63. The van der Waals surface area contributed by atoms with Crippen molar-refractivity contribution in [3.8, 4) is 0 Å². The molecule has 41 valence electrons. The van der Waals surface area contributed by atoms with E-state index in [1.54, 1.807) is 0 Å². The molecule has 0 rings (SSSR count). The van der Waals surface area contributed by atoms with Crippen LogP contribution in [0.3, 0.4) is 0 Å². The molecule has 0 bridgehead atoms. The predicted molar refractivity (Wildman–Crippen MR) is 33.1 cm³/mol. The fourth-order valence-electron chi connectivity index (χ4n) is 0.462. The second-order valence-electron chi connectivity index (χ2n) is 2.04. The third-order valence-electron chi connectivity index (χ3n) is 0.462. The van der Waals surface area contributed by atoms with Crippen LogP contribution in [0.15, 0.2) is 0 Å². The lowest BCUT2D eigenvalue weighted by Gasteiger charge is -2.12. The molecule has 0 atom stereocenters. The lowest BCUT2D eigenvalue weighted by atomic mass is 11.3. The van der Waals surface area contributed by atoms with E-state index in [1.165, 1.54) is 0 Å². The topological polar surface area (TPSA) is 6.48 Å². The fourth-order valence-corrected chi connectivity index (χ4v) is 1.39. The molecular formula is C4H12AlN2. The van der Waals surface area contributed by atoms with Crippen molar-refractivity contribution in [3.05, 3.63) is 0 Å². The van der Waals surface area contributed by atoms with E-state index in [4.69, 9.17) is 0 Å². The van der Waals surface area contributed by atoms with Crippen LogP contribution in [0.25, 0.3) is 0 Å². The van der Waals surface area contributed by atoms with Crippen molar-refractivity contribution in [2.45, 2.75) is 0 Å². The van der Waals surface area contributed by atoms with Crippen molar-refractivity contribution in [1.82, 2.24) is 7.77 Å². The van der Waals surface area contributed by atoms with Gasteiger partial charge in [0.15, 0.2) is 0 Å². The maximum atomic E-state index is 2.21. The molecule has 0 aliphatic heterocycles. The van der Waals surface area contributed by atoms with Crippen LogP contribution in [0, 0.1) is 0 Å². The van der Waals surface area contributed by atoms with Crippen LogP contribution in [0.1, 0.15) is 0 Å². The van der Waals surface area contributed by atoms with Gasteiger partial charge in [0.25, 0.3) is 0 Å². The van der Waals surface area contributed by atoms with E-state index in [0.29, 0.717) is 15.7 Å². The molecule has 0 aromatic rings. The van der Waals surface area contributed by atoms with E-state index >= 15 is 0 Å². The minimum Gasteiger partial charge on any atom is -0.383 e. The maximum absolute atomic E-state index is 2.21. The highest BCUT2D eigenvalue weighted by Crippen LogP contribution is 1.70. The molecular weight excluding hydrogens is 103 g/mol. The van der Waals surface area contributed by atoms with Crippen LogP contribution in [0.5, 0.6) is 0 Å². The Hall–Kier alpha value is 0.452. The summed E-state index contributed by atoms with van der Waals surface area (Å²) in [6.07, 6.45) is 0. The van der Waals surface area contributed by atoms with Gasteiger partial charge in [0.05, 0.1) is 0 Å². The molecule has 0 N–H and O–H groups in total. The minimum absolute atomic E-state index is 0.380. The van der Waals surface area contributed by atoms with Gasteiger partial charge in [-0.15, -0.1) is 0 Å². The van der Waals surface area contributed by atoms with Crippen LogP contribution in [-0.4, -0.2) is 51.6 Å². The van der Waals surface area contributed by atoms with Crippen molar-refractivity contribution in [2.75, 3.05) is 28.2 Å². The first-order valence-corrected chi connectivity index (χ1v) is 3.34. The smallest absolute Gasteiger partial charge is 0.383 e. The Morgan fingerprint density at radius 1 is 0.857 bits per heavy atom. The van der Waals surface area contributed by atoms with Gasteiger partial charge in [-0.25, -0.2) is 0 Å². The van der Waals surface area contributed by atoms with Crippen LogP contribution >= 0.6 is 0 Å². The zero-order chi connectivity index (χ0) is 5.86. The Balaban J connectivity index is 2.95. The van der Waals surface area contributed by atoms with E-state index in [-0.39, 0.29) is 0 Å². The SMILES string of the molecule is C[N](C)[Al][N](C)C. The molecule has 0 spiro atoms. The molecule has 0 aromatic heterocycles. The van der Waals surface area contributed by atoms with Crippen LogP contribution in [-0.2, 0) is 0 Å². The average molecular weight is 115 g/mol. The van der Waals surface area contributed by atoms with Gasteiger partial charge in [-0.05, 0) is 28.2 Å². The highest BCUT2D eigenvalue weighted by Gasteiger charge is 1.96. The lowest BCUT2D eigenvalue weighted by molar-refractivity contribution is 0.549. The largest absolute Gasteiger partial charge is 0.454 e. The molecule has 0 amide bonds. The number of hydrogen-bond acceptors (Lipinski definition) is 2. The molecule has 0 aliphatic rings. The van der Waals surface area contributed by atoms with Crippen molar-refractivity contribution in [3.63, 3.8) is 0 Å². The van der Waals surface area contributed by atoms with Crippen molar-refractivity contribution < 1.29 is 0 Å². The summed E-state index contributed by atoms with van der Waals surface area (Å²) in [5.41, 5.74) is 0. The quantitative estimate of drug-likeness (QED) is 0.454. The van der Waals surface area contributed by atoms with Crippen molar-refractivity contribution in [1.29, 1.82) is 0 Å². The Kier molecular flexibility index (Phi) is 3.68. The first-order valence-electron chi connectivity index (χ1n) is 2.31. The summed E-state index contributed by atoms with van der Waals surface area (Å²) >= 11 is 0.380. The van der Waals surface area contributed by atoms with Gasteiger partial charge in [-0.3, -0.25) is 0 Å². The third-order valence-corrected chi connectivity index (χ3v) is 1.39. The van der Waals surface area contributed by atoms with Crippen molar-refractivity contribution in [2.24, 2.45) is 0 Å². The Morgan fingerprint density at radius 3 is 1.14 bits per heavy atom. The number of nitrogens with zero attached hydrogens (tertiary/aromatic N) is 2. The first kappa shape index (κ1) is 7.45. The van der Waals surface area contributed by atoms with Gasteiger partial charge in [0, 0.05) is 0 Å². The summed E-state index contributed by atoms with van der Waals surface area (Å²) in [6, 6.07) is 0. The molecule has 0 heterocycles. The van der Waals surface area contributed by atoms with Gasteiger partial charge in [0.2, 0.25) is 0 Å². The molecule has 0 saturated carbocycles. The molecule has 0 aromatic carbocycles. The lowest BCUT2D eigenvalue weighted by Crippen LogP contribution is -2.31. The molecule has 0 aliphatic carbocycles. The van der Waals surface area contributed by atoms with Crippen LogP contribution < -0.4 is 0 Å². The molecule has 7 heavy (non-hydrogen) atoms. The van der Waals surface area contributed by atoms with Crippen molar-refractivity contribution >= 4 is 15.7 Å². The highest BCUT2D eigenvalue weighted by atomic mass is 27.1. The molecule has 0 unspecified atom stereocenters. The van der Waals surface area contributed by atoms with Crippen LogP contribution in [0.4, 0.5) is 0 Å².